The third-order valence-electron chi connectivity index (χ3n) is 4.44. The molecule has 0 atom stereocenters. The third kappa shape index (κ3) is 4.46. The zero-order chi connectivity index (χ0) is 16.1. The number of morpholine rings is 1. The van der Waals surface area contributed by atoms with Crippen LogP contribution in [-0.2, 0) is 4.74 Å². The maximum absolute atomic E-state index is 6.13. The smallest absolute Gasteiger partial charge is 0.124 e. The monoisotopic (exact) mass is 333 g/mol. The van der Waals surface area contributed by atoms with E-state index in [-0.39, 0.29) is 0 Å². The summed E-state index contributed by atoms with van der Waals surface area (Å²) < 4.78 is 12.8. The van der Waals surface area contributed by atoms with Gasteiger partial charge in [-0.1, -0.05) is 13.8 Å². The summed E-state index contributed by atoms with van der Waals surface area (Å²) >= 11 is 1.79. The van der Waals surface area contributed by atoms with Gasteiger partial charge in [0.05, 0.1) is 19.8 Å². The van der Waals surface area contributed by atoms with Crippen LogP contribution in [0.4, 0.5) is 0 Å². The highest BCUT2D eigenvalue weighted by Crippen LogP contribution is 2.33. The van der Waals surface area contributed by atoms with Crippen molar-refractivity contribution in [2.45, 2.75) is 32.6 Å². The van der Waals surface area contributed by atoms with Gasteiger partial charge in [0.25, 0.3) is 0 Å². The molecule has 2 heterocycles. The minimum Gasteiger partial charge on any atom is -0.493 e. The second-order valence-corrected chi connectivity index (χ2v) is 7.46. The van der Waals surface area contributed by atoms with Gasteiger partial charge >= 0.3 is 0 Å². The molecule has 0 spiro atoms. The van der Waals surface area contributed by atoms with E-state index in [2.05, 4.69) is 42.3 Å². The van der Waals surface area contributed by atoms with Crippen LogP contribution < -0.4 is 4.74 Å². The maximum Gasteiger partial charge on any atom is 0.124 e. The lowest BCUT2D eigenvalue weighted by atomic mass is 10.0. The van der Waals surface area contributed by atoms with Crippen LogP contribution in [0.1, 0.15) is 38.2 Å². The standard InChI is InChI=1S/C19H27NO2S/c1-15(2)17-13-16-5-12-23-19(16)14-18(17)22-9-4-3-6-20-7-10-21-11-8-20/h5,12-15H,3-4,6-11H2,1-2H3. The van der Waals surface area contributed by atoms with E-state index in [1.54, 1.807) is 11.3 Å². The van der Waals surface area contributed by atoms with E-state index in [1.807, 2.05) is 0 Å². The Morgan fingerprint density at radius 1 is 1.22 bits per heavy atom. The minimum absolute atomic E-state index is 0.489. The fourth-order valence-electron chi connectivity index (χ4n) is 3.03. The van der Waals surface area contributed by atoms with Crippen LogP contribution in [0.15, 0.2) is 23.6 Å². The van der Waals surface area contributed by atoms with Crippen molar-refractivity contribution >= 4 is 21.4 Å². The zero-order valence-corrected chi connectivity index (χ0v) is 15.0. The van der Waals surface area contributed by atoms with Crippen LogP contribution in [0.25, 0.3) is 10.1 Å². The Labute approximate surface area is 143 Å². The fraction of sp³-hybridized carbons (Fsp3) is 0.579. The molecule has 4 heteroatoms. The van der Waals surface area contributed by atoms with Crippen molar-refractivity contribution in [1.82, 2.24) is 4.90 Å². The maximum atomic E-state index is 6.13. The predicted octanol–water partition coefficient (Wildman–Crippen LogP) is 4.52. The van der Waals surface area contributed by atoms with E-state index >= 15 is 0 Å². The zero-order valence-electron chi connectivity index (χ0n) is 14.2. The molecule has 126 valence electrons. The van der Waals surface area contributed by atoms with Gasteiger partial charge in [0.2, 0.25) is 0 Å². The number of fused-ring (bicyclic) bond motifs is 1. The van der Waals surface area contributed by atoms with Crippen molar-refractivity contribution in [2.24, 2.45) is 0 Å². The highest BCUT2D eigenvalue weighted by molar-refractivity contribution is 7.17. The Balaban J connectivity index is 1.50. The lowest BCUT2D eigenvalue weighted by Crippen LogP contribution is -2.36. The topological polar surface area (TPSA) is 21.7 Å². The van der Waals surface area contributed by atoms with E-state index in [1.165, 1.54) is 22.1 Å². The van der Waals surface area contributed by atoms with E-state index in [4.69, 9.17) is 9.47 Å². The minimum atomic E-state index is 0.489. The number of nitrogens with zero attached hydrogens (tertiary/aromatic N) is 1. The highest BCUT2D eigenvalue weighted by Gasteiger charge is 2.12. The molecule has 0 bridgehead atoms. The summed E-state index contributed by atoms with van der Waals surface area (Å²) in [7, 11) is 0. The molecule has 1 aliphatic rings. The van der Waals surface area contributed by atoms with Gasteiger partial charge in [-0.2, -0.15) is 0 Å². The van der Waals surface area contributed by atoms with Crippen molar-refractivity contribution in [2.75, 3.05) is 39.5 Å². The number of benzene rings is 1. The molecule has 3 rings (SSSR count). The summed E-state index contributed by atoms with van der Waals surface area (Å²) in [4.78, 5) is 2.49. The van der Waals surface area contributed by atoms with Gasteiger partial charge in [-0.05, 0) is 59.8 Å². The van der Waals surface area contributed by atoms with Crippen LogP contribution in [0.2, 0.25) is 0 Å². The van der Waals surface area contributed by atoms with E-state index in [9.17, 15) is 0 Å². The Kier molecular flexibility index (Phi) is 5.92. The predicted molar refractivity (Wildman–Crippen MR) is 97.9 cm³/mol. The van der Waals surface area contributed by atoms with Crippen molar-refractivity contribution < 1.29 is 9.47 Å². The van der Waals surface area contributed by atoms with Crippen LogP contribution in [-0.4, -0.2) is 44.4 Å². The second-order valence-electron chi connectivity index (χ2n) is 6.51. The number of ether oxygens (including phenoxy) is 2. The lowest BCUT2D eigenvalue weighted by Gasteiger charge is -2.26. The van der Waals surface area contributed by atoms with Gasteiger partial charge in [-0.15, -0.1) is 11.3 Å². The van der Waals surface area contributed by atoms with Gasteiger partial charge in [0.1, 0.15) is 5.75 Å². The van der Waals surface area contributed by atoms with Crippen molar-refractivity contribution in [3.05, 3.63) is 29.1 Å². The lowest BCUT2D eigenvalue weighted by molar-refractivity contribution is 0.0368. The Morgan fingerprint density at radius 2 is 2.04 bits per heavy atom. The average molecular weight is 333 g/mol. The molecule has 0 aliphatic carbocycles. The van der Waals surface area contributed by atoms with Gasteiger partial charge < -0.3 is 9.47 Å². The van der Waals surface area contributed by atoms with Crippen LogP contribution >= 0.6 is 11.3 Å². The number of thiophene rings is 1. The first-order valence-electron chi connectivity index (χ1n) is 8.68. The number of hydrogen-bond donors (Lipinski definition) is 0. The summed E-state index contributed by atoms with van der Waals surface area (Å²) in [6, 6.07) is 6.70. The van der Waals surface area contributed by atoms with Crippen molar-refractivity contribution in [3.63, 3.8) is 0 Å². The SMILES string of the molecule is CC(C)c1cc2ccsc2cc1OCCCCN1CCOCC1. The first kappa shape index (κ1) is 16.7. The largest absolute Gasteiger partial charge is 0.493 e. The average Bonchev–Trinajstić information content (AvgIpc) is 3.02. The van der Waals surface area contributed by atoms with Gasteiger partial charge in [0, 0.05) is 17.8 Å². The van der Waals surface area contributed by atoms with Crippen molar-refractivity contribution in [3.8, 4) is 5.75 Å². The molecule has 1 aliphatic heterocycles. The fourth-order valence-corrected chi connectivity index (χ4v) is 3.83. The van der Waals surface area contributed by atoms with Crippen LogP contribution in [0.3, 0.4) is 0 Å². The number of unbranched alkanes of at least 4 members (excludes halogenated alkanes) is 1. The Morgan fingerprint density at radius 3 is 2.83 bits per heavy atom. The molecule has 0 saturated carbocycles. The number of hydrogen-bond acceptors (Lipinski definition) is 4. The first-order chi connectivity index (χ1) is 11.2. The van der Waals surface area contributed by atoms with E-state index in [0.717, 1.165) is 51.6 Å². The quantitative estimate of drug-likeness (QED) is 0.696. The normalized spacial score (nSPS) is 16.3. The molecule has 2 aromatic rings. The summed E-state index contributed by atoms with van der Waals surface area (Å²) in [6.07, 6.45) is 2.30. The molecular formula is C19H27NO2S. The molecule has 1 aromatic heterocycles. The Hall–Kier alpha value is -1.10. The highest BCUT2D eigenvalue weighted by atomic mass is 32.1. The molecule has 1 fully saturated rings. The molecule has 1 saturated heterocycles. The molecule has 1 aromatic carbocycles. The molecular weight excluding hydrogens is 306 g/mol. The molecule has 23 heavy (non-hydrogen) atoms. The number of rotatable bonds is 7. The van der Waals surface area contributed by atoms with Gasteiger partial charge in [-0.3, -0.25) is 4.90 Å². The van der Waals surface area contributed by atoms with Crippen molar-refractivity contribution in [1.29, 1.82) is 0 Å². The summed E-state index contributed by atoms with van der Waals surface area (Å²) in [5.41, 5.74) is 1.32. The molecule has 0 amide bonds. The van der Waals surface area contributed by atoms with Gasteiger partial charge in [0.15, 0.2) is 0 Å². The molecule has 3 nitrogen and oxygen atoms in total. The second kappa shape index (κ2) is 8.13. The first-order valence-corrected chi connectivity index (χ1v) is 9.56. The van der Waals surface area contributed by atoms with Crippen LogP contribution in [0, 0.1) is 0 Å². The Bertz CT molecular complexity index is 617. The van der Waals surface area contributed by atoms with E-state index in [0.29, 0.717) is 5.92 Å². The van der Waals surface area contributed by atoms with Gasteiger partial charge in [-0.25, -0.2) is 0 Å². The summed E-state index contributed by atoms with van der Waals surface area (Å²) in [6.45, 7) is 10.4. The molecule has 0 radical (unpaired) electrons. The summed E-state index contributed by atoms with van der Waals surface area (Å²) in [5.74, 6) is 1.56. The summed E-state index contributed by atoms with van der Waals surface area (Å²) in [5, 5.41) is 3.49. The van der Waals surface area contributed by atoms with Crippen LogP contribution in [0.5, 0.6) is 5.75 Å². The van der Waals surface area contributed by atoms with E-state index < -0.39 is 0 Å². The third-order valence-corrected chi connectivity index (χ3v) is 5.32. The molecule has 0 N–H and O–H groups in total. The molecule has 0 unspecified atom stereocenters.